The van der Waals surface area contributed by atoms with Gasteiger partial charge < -0.3 is 14.4 Å². The molecule has 3 rings (SSSR count). The summed E-state index contributed by atoms with van der Waals surface area (Å²) in [5.41, 5.74) is 0.245. The summed E-state index contributed by atoms with van der Waals surface area (Å²) in [6, 6.07) is 3.03. The van der Waals surface area contributed by atoms with Crippen molar-refractivity contribution in [2.75, 3.05) is 40.3 Å². The minimum Gasteiger partial charge on any atom is -0.346 e. The maximum Gasteiger partial charge on any atom is 0.255 e. The van der Waals surface area contributed by atoms with E-state index in [2.05, 4.69) is 11.9 Å². The molecule has 25 heavy (non-hydrogen) atoms. The predicted molar refractivity (Wildman–Crippen MR) is 94.4 cm³/mol. The third kappa shape index (κ3) is 3.33. The molecule has 0 radical (unpaired) electrons. The zero-order valence-corrected chi connectivity index (χ0v) is 15.2. The molecule has 1 spiro atoms. The van der Waals surface area contributed by atoms with E-state index in [9.17, 15) is 14.4 Å². The van der Waals surface area contributed by atoms with Crippen LogP contribution in [0.2, 0.25) is 0 Å². The number of likely N-dealkylation sites (tertiary alicyclic amines) is 1. The van der Waals surface area contributed by atoms with Gasteiger partial charge in [0.15, 0.2) is 0 Å². The maximum absolute atomic E-state index is 12.9. The quantitative estimate of drug-likeness (QED) is 0.726. The highest BCUT2D eigenvalue weighted by atomic mass is 16.2. The lowest BCUT2D eigenvalue weighted by molar-refractivity contribution is -0.129. The van der Waals surface area contributed by atoms with Crippen LogP contribution in [0.3, 0.4) is 0 Å². The Bertz CT molecular complexity index is 744. The van der Waals surface area contributed by atoms with Gasteiger partial charge in [0, 0.05) is 64.5 Å². The minimum atomic E-state index is -0.158. The minimum absolute atomic E-state index is 0.0491. The van der Waals surface area contributed by atoms with E-state index >= 15 is 0 Å². The normalized spacial score (nSPS) is 25.3. The molecule has 2 fully saturated rings. The third-order valence-electron chi connectivity index (χ3n) is 5.76. The monoisotopic (exact) mass is 346 g/mol. The molecular weight excluding hydrogens is 320 g/mol. The van der Waals surface area contributed by atoms with Gasteiger partial charge in [0.05, 0.1) is 5.56 Å². The number of pyridine rings is 1. The Balaban J connectivity index is 1.82. The number of carbonyl (C=O) groups is 2. The number of likely N-dealkylation sites (N-methyl/N-ethyl adjacent to an activating group) is 1. The van der Waals surface area contributed by atoms with Crippen molar-refractivity contribution in [3.63, 3.8) is 0 Å². The number of nitrogens with zero attached hydrogens (tertiary/aromatic N) is 4. The molecule has 0 aromatic carbocycles. The molecule has 7 nitrogen and oxygen atoms in total. The molecule has 1 aromatic heterocycles. The van der Waals surface area contributed by atoms with E-state index < -0.39 is 0 Å². The van der Waals surface area contributed by atoms with Crippen molar-refractivity contribution >= 4 is 11.8 Å². The van der Waals surface area contributed by atoms with Crippen molar-refractivity contribution in [2.45, 2.75) is 24.8 Å². The summed E-state index contributed by atoms with van der Waals surface area (Å²) in [5, 5.41) is 0. The molecule has 2 amide bonds. The fourth-order valence-corrected chi connectivity index (χ4v) is 3.84. The van der Waals surface area contributed by atoms with Gasteiger partial charge in [0.2, 0.25) is 11.5 Å². The van der Waals surface area contributed by atoms with E-state index in [1.807, 2.05) is 11.9 Å². The molecule has 0 aliphatic carbocycles. The number of carbonyl (C=O) groups excluding carboxylic acids is 2. The summed E-state index contributed by atoms with van der Waals surface area (Å²) in [5.74, 6) is 0.124. The molecule has 2 aliphatic rings. The first-order chi connectivity index (χ1) is 11.8. The van der Waals surface area contributed by atoms with E-state index in [1.165, 1.54) is 10.6 Å². The standard InChI is InChI=1S/C18H26N4O3/c1-19-9-8-18(7-6-16(19)24)13-22(11-10-21(18)3)17(25)14-4-5-15(23)20(2)12-14/h4-5,12H,6-11,13H2,1-3H3/t18-/m0/s1. The van der Waals surface area contributed by atoms with Crippen LogP contribution in [0.25, 0.3) is 0 Å². The summed E-state index contributed by atoms with van der Waals surface area (Å²) in [4.78, 5) is 42.5. The highest BCUT2D eigenvalue weighted by molar-refractivity contribution is 5.94. The van der Waals surface area contributed by atoms with Gasteiger partial charge in [-0.1, -0.05) is 0 Å². The van der Waals surface area contributed by atoms with Crippen LogP contribution in [-0.4, -0.2) is 76.9 Å². The van der Waals surface area contributed by atoms with Gasteiger partial charge in [-0.15, -0.1) is 0 Å². The molecule has 1 aromatic rings. The average molecular weight is 346 g/mol. The van der Waals surface area contributed by atoms with Crippen LogP contribution in [0.15, 0.2) is 23.1 Å². The van der Waals surface area contributed by atoms with Gasteiger partial charge in [-0.25, -0.2) is 0 Å². The summed E-state index contributed by atoms with van der Waals surface area (Å²) in [6.07, 6.45) is 3.75. The highest BCUT2D eigenvalue weighted by Gasteiger charge is 2.43. The Hall–Kier alpha value is -2.15. The third-order valence-corrected chi connectivity index (χ3v) is 5.76. The second kappa shape index (κ2) is 6.63. The van der Waals surface area contributed by atoms with Crippen LogP contribution in [0.5, 0.6) is 0 Å². The number of hydrogen-bond acceptors (Lipinski definition) is 4. The van der Waals surface area contributed by atoms with Crippen molar-refractivity contribution in [3.8, 4) is 0 Å². The van der Waals surface area contributed by atoms with E-state index in [4.69, 9.17) is 0 Å². The van der Waals surface area contributed by atoms with Crippen molar-refractivity contribution in [3.05, 3.63) is 34.2 Å². The van der Waals surface area contributed by atoms with Crippen LogP contribution in [0.1, 0.15) is 29.6 Å². The topological polar surface area (TPSA) is 65.9 Å². The van der Waals surface area contributed by atoms with Gasteiger partial charge in [-0.3, -0.25) is 19.3 Å². The van der Waals surface area contributed by atoms with Gasteiger partial charge in [-0.2, -0.15) is 0 Å². The summed E-state index contributed by atoms with van der Waals surface area (Å²) in [6.45, 7) is 2.77. The second-order valence-electron chi connectivity index (χ2n) is 7.30. The first-order valence-corrected chi connectivity index (χ1v) is 8.74. The molecule has 7 heteroatoms. The Morgan fingerprint density at radius 2 is 1.80 bits per heavy atom. The van der Waals surface area contributed by atoms with E-state index in [0.29, 0.717) is 31.6 Å². The Kier molecular flexibility index (Phi) is 4.69. The van der Waals surface area contributed by atoms with Crippen molar-refractivity contribution in [1.82, 2.24) is 19.3 Å². The fraction of sp³-hybridized carbons (Fsp3) is 0.611. The van der Waals surface area contributed by atoms with E-state index in [-0.39, 0.29) is 22.9 Å². The molecule has 0 unspecified atom stereocenters. The van der Waals surface area contributed by atoms with Gasteiger partial charge in [0.1, 0.15) is 0 Å². The molecule has 1 atom stereocenters. The molecule has 2 saturated heterocycles. The van der Waals surface area contributed by atoms with Gasteiger partial charge >= 0.3 is 0 Å². The predicted octanol–water partition coefficient (Wildman–Crippen LogP) is 0.154. The van der Waals surface area contributed by atoms with Gasteiger partial charge in [-0.05, 0) is 26.0 Å². The van der Waals surface area contributed by atoms with Crippen LogP contribution in [-0.2, 0) is 11.8 Å². The highest BCUT2D eigenvalue weighted by Crippen LogP contribution is 2.32. The number of aryl methyl sites for hydroxylation is 1. The molecule has 2 aliphatic heterocycles. The Labute approximate surface area is 147 Å². The molecule has 0 bridgehead atoms. The molecule has 0 N–H and O–H groups in total. The first-order valence-electron chi connectivity index (χ1n) is 8.74. The number of piperazine rings is 1. The average Bonchev–Trinajstić information content (AvgIpc) is 2.74. The van der Waals surface area contributed by atoms with Crippen LogP contribution in [0, 0.1) is 0 Å². The van der Waals surface area contributed by atoms with Crippen molar-refractivity contribution < 1.29 is 9.59 Å². The van der Waals surface area contributed by atoms with Crippen molar-refractivity contribution in [2.24, 2.45) is 7.05 Å². The number of rotatable bonds is 1. The lowest BCUT2D eigenvalue weighted by Crippen LogP contribution is -2.62. The lowest BCUT2D eigenvalue weighted by atomic mass is 9.86. The number of hydrogen-bond donors (Lipinski definition) is 0. The Morgan fingerprint density at radius 1 is 1.04 bits per heavy atom. The zero-order valence-electron chi connectivity index (χ0n) is 15.2. The van der Waals surface area contributed by atoms with E-state index in [1.54, 1.807) is 24.2 Å². The molecular formula is C18H26N4O3. The second-order valence-corrected chi connectivity index (χ2v) is 7.30. The summed E-state index contributed by atoms with van der Waals surface area (Å²) < 4.78 is 1.43. The van der Waals surface area contributed by atoms with Crippen LogP contribution in [0.4, 0.5) is 0 Å². The molecule has 0 saturated carbocycles. The van der Waals surface area contributed by atoms with Crippen molar-refractivity contribution in [1.29, 1.82) is 0 Å². The smallest absolute Gasteiger partial charge is 0.255 e. The maximum atomic E-state index is 12.9. The largest absolute Gasteiger partial charge is 0.346 e. The van der Waals surface area contributed by atoms with Crippen LogP contribution < -0.4 is 5.56 Å². The summed E-state index contributed by atoms with van der Waals surface area (Å²) >= 11 is 0. The Morgan fingerprint density at radius 3 is 2.52 bits per heavy atom. The fourth-order valence-electron chi connectivity index (χ4n) is 3.84. The zero-order chi connectivity index (χ0) is 18.2. The molecule has 136 valence electrons. The van der Waals surface area contributed by atoms with Gasteiger partial charge in [0.25, 0.3) is 5.91 Å². The summed E-state index contributed by atoms with van der Waals surface area (Å²) in [7, 11) is 5.58. The SMILES string of the molecule is CN1CC[C@@]2(CCC1=O)CN(C(=O)c1ccc(=O)n(C)c1)CCN2C. The first kappa shape index (κ1) is 17.7. The van der Waals surface area contributed by atoms with E-state index in [0.717, 1.165) is 19.4 Å². The van der Waals surface area contributed by atoms with Crippen LogP contribution >= 0.6 is 0 Å². The lowest BCUT2D eigenvalue weighted by Gasteiger charge is -2.49. The number of aromatic nitrogens is 1. The number of amides is 2. The molecule has 3 heterocycles.